The second-order valence-electron chi connectivity index (χ2n) is 3.79. The van der Waals surface area contributed by atoms with Crippen molar-refractivity contribution < 1.29 is 18.7 Å². The van der Waals surface area contributed by atoms with Gasteiger partial charge in [0.25, 0.3) is 0 Å². The van der Waals surface area contributed by atoms with Crippen LogP contribution in [-0.4, -0.2) is 26.2 Å². The zero-order valence-electron chi connectivity index (χ0n) is 10.8. The number of hydrogen-bond acceptors (Lipinski definition) is 4. The second-order valence-corrected chi connectivity index (χ2v) is 3.79. The molecule has 0 radical (unpaired) electrons. The van der Waals surface area contributed by atoms with E-state index in [9.17, 15) is 9.18 Å². The molecule has 1 aromatic carbocycles. The maximum atomic E-state index is 13.2. The molecule has 1 atom stereocenters. The number of esters is 1. The van der Waals surface area contributed by atoms with Crippen molar-refractivity contribution in [3.05, 3.63) is 29.6 Å². The van der Waals surface area contributed by atoms with Crippen molar-refractivity contribution in [1.82, 2.24) is 5.32 Å². The Morgan fingerprint density at radius 3 is 2.83 bits per heavy atom. The minimum Gasteiger partial charge on any atom is -0.481 e. The van der Waals surface area contributed by atoms with Crippen LogP contribution >= 0.6 is 0 Å². The predicted octanol–water partition coefficient (Wildman–Crippen LogP) is 2.05. The smallest absolute Gasteiger partial charge is 0.344 e. The molecule has 0 aliphatic heterocycles. The van der Waals surface area contributed by atoms with E-state index >= 15 is 0 Å². The van der Waals surface area contributed by atoms with Gasteiger partial charge in [0, 0.05) is 17.7 Å². The largest absolute Gasteiger partial charge is 0.481 e. The Morgan fingerprint density at radius 1 is 1.50 bits per heavy atom. The third-order valence-electron chi connectivity index (χ3n) is 2.53. The Kier molecular flexibility index (Phi) is 5.58. The van der Waals surface area contributed by atoms with Crippen LogP contribution < -0.4 is 10.1 Å². The molecule has 1 rings (SSSR count). The second kappa shape index (κ2) is 6.96. The Bertz CT molecular complexity index is 409. The lowest BCUT2D eigenvalue weighted by molar-refractivity contribution is -0.145. The van der Waals surface area contributed by atoms with Crippen molar-refractivity contribution in [3.8, 4) is 5.75 Å². The van der Waals surface area contributed by atoms with Gasteiger partial charge in [-0.25, -0.2) is 9.18 Å². The molecule has 0 fully saturated rings. The number of ether oxygens (including phenoxy) is 2. The molecule has 0 spiro atoms. The molecular weight excluding hydrogens is 237 g/mol. The number of halogens is 1. The molecular formula is C13H18FNO3. The van der Waals surface area contributed by atoms with Crippen LogP contribution in [0.1, 0.15) is 25.5 Å². The van der Waals surface area contributed by atoms with Gasteiger partial charge in [-0.1, -0.05) is 6.07 Å². The normalized spacial score (nSPS) is 12.0. The van der Waals surface area contributed by atoms with Gasteiger partial charge in [-0.3, -0.25) is 0 Å². The van der Waals surface area contributed by atoms with E-state index in [1.54, 1.807) is 20.0 Å². The van der Waals surface area contributed by atoms with Gasteiger partial charge in [0.2, 0.25) is 0 Å². The van der Waals surface area contributed by atoms with Crippen molar-refractivity contribution in [2.24, 2.45) is 0 Å². The summed E-state index contributed by atoms with van der Waals surface area (Å²) in [6.07, 6.45) is 0. The van der Waals surface area contributed by atoms with E-state index in [2.05, 4.69) is 5.32 Å². The van der Waals surface area contributed by atoms with Gasteiger partial charge in [-0.2, -0.15) is 0 Å². The molecule has 0 aromatic heterocycles. The van der Waals surface area contributed by atoms with Crippen LogP contribution in [-0.2, 0) is 9.53 Å². The zero-order chi connectivity index (χ0) is 13.5. The lowest BCUT2D eigenvalue weighted by Gasteiger charge is -2.16. The average molecular weight is 255 g/mol. The summed E-state index contributed by atoms with van der Waals surface area (Å²) in [5, 5.41) is 3.04. The Morgan fingerprint density at radius 2 is 2.22 bits per heavy atom. The number of carbonyl (C=O) groups excluding carboxylic acids is 1. The molecule has 5 heteroatoms. The van der Waals surface area contributed by atoms with Gasteiger partial charge in [0.15, 0.2) is 6.61 Å². The van der Waals surface area contributed by atoms with Crippen LogP contribution in [0.3, 0.4) is 0 Å². The summed E-state index contributed by atoms with van der Waals surface area (Å²) in [7, 11) is 1.79. The predicted molar refractivity (Wildman–Crippen MR) is 66.0 cm³/mol. The first-order valence-corrected chi connectivity index (χ1v) is 5.83. The van der Waals surface area contributed by atoms with Crippen LogP contribution in [0.25, 0.3) is 0 Å². The quantitative estimate of drug-likeness (QED) is 0.790. The first-order chi connectivity index (χ1) is 8.58. The van der Waals surface area contributed by atoms with Gasteiger partial charge >= 0.3 is 5.97 Å². The lowest BCUT2D eigenvalue weighted by atomic mass is 10.1. The molecule has 1 aromatic rings. The van der Waals surface area contributed by atoms with Crippen LogP contribution in [0.15, 0.2) is 18.2 Å². The van der Waals surface area contributed by atoms with E-state index in [1.807, 2.05) is 6.92 Å². The Hall–Kier alpha value is -1.62. The Labute approximate surface area is 106 Å². The van der Waals surface area contributed by atoms with Crippen molar-refractivity contribution in [3.63, 3.8) is 0 Å². The molecule has 1 unspecified atom stereocenters. The van der Waals surface area contributed by atoms with E-state index in [1.165, 1.54) is 12.1 Å². The first kappa shape index (κ1) is 14.4. The molecule has 0 amide bonds. The molecule has 1 N–H and O–H groups in total. The van der Waals surface area contributed by atoms with Crippen molar-refractivity contribution in [2.45, 2.75) is 19.9 Å². The number of hydrogen-bond donors (Lipinski definition) is 1. The highest BCUT2D eigenvalue weighted by molar-refractivity contribution is 5.71. The van der Waals surface area contributed by atoms with Crippen molar-refractivity contribution in [1.29, 1.82) is 0 Å². The summed E-state index contributed by atoms with van der Waals surface area (Å²) in [6, 6.07) is 4.27. The number of carbonyl (C=O) groups is 1. The summed E-state index contributed by atoms with van der Waals surface area (Å²) in [5.74, 6) is -0.518. The van der Waals surface area contributed by atoms with Crippen LogP contribution in [0.4, 0.5) is 4.39 Å². The standard InChI is InChI=1S/C13H18FNO3/c1-4-17-13(16)8-18-12-7-10(14)5-6-11(12)9(2)15-3/h5-7,9,15H,4,8H2,1-3H3. The van der Waals surface area contributed by atoms with E-state index < -0.39 is 11.8 Å². The summed E-state index contributed by atoms with van der Waals surface area (Å²) < 4.78 is 23.2. The fraction of sp³-hybridized carbons (Fsp3) is 0.462. The first-order valence-electron chi connectivity index (χ1n) is 5.83. The summed E-state index contributed by atoms with van der Waals surface area (Å²) >= 11 is 0. The van der Waals surface area contributed by atoms with E-state index in [0.29, 0.717) is 12.4 Å². The molecule has 0 aliphatic carbocycles. The highest BCUT2D eigenvalue weighted by Gasteiger charge is 2.13. The van der Waals surface area contributed by atoms with Gasteiger partial charge in [0.1, 0.15) is 11.6 Å². The van der Waals surface area contributed by atoms with Crippen molar-refractivity contribution in [2.75, 3.05) is 20.3 Å². The fourth-order valence-corrected chi connectivity index (χ4v) is 1.49. The summed E-state index contributed by atoms with van der Waals surface area (Å²) in [4.78, 5) is 11.2. The lowest BCUT2D eigenvalue weighted by Crippen LogP contribution is -2.18. The maximum absolute atomic E-state index is 13.2. The van der Waals surface area contributed by atoms with E-state index in [-0.39, 0.29) is 12.6 Å². The van der Waals surface area contributed by atoms with Crippen LogP contribution in [0, 0.1) is 5.82 Å². The summed E-state index contributed by atoms with van der Waals surface area (Å²) in [6.45, 7) is 3.71. The minimum absolute atomic E-state index is 0.00259. The van der Waals surface area contributed by atoms with Crippen LogP contribution in [0.5, 0.6) is 5.75 Å². The molecule has 18 heavy (non-hydrogen) atoms. The fourth-order valence-electron chi connectivity index (χ4n) is 1.49. The molecule has 0 bridgehead atoms. The SMILES string of the molecule is CCOC(=O)COc1cc(F)ccc1C(C)NC. The minimum atomic E-state index is -0.468. The summed E-state index contributed by atoms with van der Waals surface area (Å²) in [5.41, 5.74) is 0.795. The maximum Gasteiger partial charge on any atom is 0.344 e. The van der Waals surface area contributed by atoms with E-state index in [0.717, 1.165) is 5.56 Å². The highest BCUT2D eigenvalue weighted by atomic mass is 19.1. The van der Waals surface area contributed by atoms with Crippen LogP contribution in [0.2, 0.25) is 0 Å². The van der Waals surface area contributed by atoms with E-state index in [4.69, 9.17) is 9.47 Å². The molecule has 0 aliphatic rings. The van der Waals surface area contributed by atoms with Gasteiger partial charge in [-0.05, 0) is 27.0 Å². The zero-order valence-corrected chi connectivity index (χ0v) is 10.8. The monoisotopic (exact) mass is 255 g/mol. The molecule has 0 saturated heterocycles. The van der Waals surface area contributed by atoms with Gasteiger partial charge < -0.3 is 14.8 Å². The Balaban J connectivity index is 2.79. The number of nitrogens with one attached hydrogen (secondary N) is 1. The number of rotatable bonds is 6. The topological polar surface area (TPSA) is 47.6 Å². The molecule has 100 valence electrons. The molecule has 0 heterocycles. The van der Waals surface area contributed by atoms with Gasteiger partial charge in [-0.15, -0.1) is 0 Å². The number of benzene rings is 1. The van der Waals surface area contributed by atoms with Gasteiger partial charge in [0.05, 0.1) is 6.61 Å². The highest BCUT2D eigenvalue weighted by Crippen LogP contribution is 2.25. The average Bonchev–Trinajstić information content (AvgIpc) is 2.36. The molecule has 4 nitrogen and oxygen atoms in total. The molecule has 0 saturated carbocycles. The third kappa shape index (κ3) is 4.00. The van der Waals surface area contributed by atoms with Crippen molar-refractivity contribution >= 4 is 5.97 Å². The third-order valence-corrected chi connectivity index (χ3v) is 2.53.